The number of rotatable bonds is 3. The first-order valence-corrected chi connectivity index (χ1v) is 5.01. The van der Waals surface area contributed by atoms with E-state index >= 15 is 0 Å². The second-order valence-corrected chi connectivity index (χ2v) is 3.31. The molecule has 0 saturated heterocycles. The topological polar surface area (TPSA) is 77.1 Å². The van der Waals surface area contributed by atoms with Crippen LogP contribution in [0, 0.1) is 5.82 Å². The average molecular weight is 251 g/mol. The summed E-state index contributed by atoms with van der Waals surface area (Å²) in [5.74, 6) is -0.523. The Kier molecular flexibility index (Phi) is 3.22. The van der Waals surface area contributed by atoms with Crippen LogP contribution < -0.4 is 15.2 Å². The summed E-state index contributed by atoms with van der Waals surface area (Å²) >= 11 is 0. The minimum Gasteiger partial charge on any atom is -0.494 e. The first-order valence-electron chi connectivity index (χ1n) is 5.01. The molecule has 94 valence electrons. The summed E-state index contributed by atoms with van der Waals surface area (Å²) in [5, 5.41) is 0. The molecule has 0 radical (unpaired) electrons. The van der Waals surface area contributed by atoms with Crippen molar-refractivity contribution in [2.24, 2.45) is 0 Å². The Labute approximate surface area is 101 Å². The van der Waals surface area contributed by atoms with Gasteiger partial charge in [-0.1, -0.05) is 6.07 Å². The molecule has 18 heavy (non-hydrogen) atoms. The lowest BCUT2D eigenvalue weighted by molar-refractivity contribution is 0.376. The van der Waals surface area contributed by atoms with E-state index in [1.165, 1.54) is 26.4 Å². The van der Waals surface area contributed by atoms with Gasteiger partial charge in [-0.3, -0.25) is 4.98 Å². The fourth-order valence-corrected chi connectivity index (χ4v) is 1.43. The van der Waals surface area contributed by atoms with E-state index in [0.717, 1.165) is 0 Å². The number of hydrogen-bond donors (Lipinski definition) is 1. The maximum atomic E-state index is 14.0. The van der Waals surface area contributed by atoms with Crippen molar-refractivity contribution in [2.75, 3.05) is 14.2 Å². The van der Waals surface area contributed by atoms with Gasteiger partial charge in [0.15, 0.2) is 11.6 Å². The van der Waals surface area contributed by atoms with E-state index < -0.39 is 11.5 Å². The highest BCUT2D eigenvalue weighted by Gasteiger charge is 2.13. The quantitative estimate of drug-likeness (QED) is 0.880. The molecular formula is C11H10FN3O3. The molecule has 0 aliphatic carbocycles. The second-order valence-electron chi connectivity index (χ2n) is 3.31. The van der Waals surface area contributed by atoms with Gasteiger partial charge in [-0.15, -0.1) is 4.98 Å². The summed E-state index contributed by atoms with van der Waals surface area (Å²) in [5.41, 5.74) is -0.564. The number of ether oxygens (including phenoxy) is 2. The molecule has 0 amide bonds. The van der Waals surface area contributed by atoms with Crippen LogP contribution in [0.3, 0.4) is 0 Å². The number of halogens is 1. The number of nitrogens with zero attached hydrogens (tertiary/aromatic N) is 2. The maximum Gasteiger partial charge on any atom is 0.351 e. The Morgan fingerprint density at radius 2 is 2.00 bits per heavy atom. The minimum atomic E-state index is -0.668. The molecule has 0 saturated carbocycles. The first-order chi connectivity index (χ1) is 8.65. The predicted octanol–water partition coefficient (Wildman–Crippen LogP) is 0.988. The largest absolute Gasteiger partial charge is 0.494 e. The second kappa shape index (κ2) is 4.82. The van der Waals surface area contributed by atoms with Crippen molar-refractivity contribution in [1.29, 1.82) is 0 Å². The molecule has 0 aliphatic heterocycles. The van der Waals surface area contributed by atoms with Crippen LogP contribution in [-0.4, -0.2) is 29.2 Å². The van der Waals surface area contributed by atoms with Crippen LogP contribution in [0.5, 0.6) is 11.8 Å². The van der Waals surface area contributed by atoms with E-state index in [1.807, 2.05) is 0 Å². The summed E-state index contributed by atoms with van der Waals surface area (Å²) in [4.78, 5) is 20.9. The van der Waals surface area contributed by atoms with Gasteiger partial charge in [-0.05, 0) is 12.1 Å². The molecule has 2 rings (SSSR count). The normalized spacial score (nSPS) is 10.2. The molecular weight excluding hydrogens is 241 g/mol. The molecule has 0 atom stereocenters. The highest BCUT2D eigenvalue weighted by molar-refractivity contribution is 5.58. The van der Waals surface area contributed by atoms with Gasteiger partial charge >= 0.3 is 11.7 Å². The lowest BCUT2D eigenvalue weighted by Gasteiger charge is -2.06. The summed E-state index contributed by atoms with van der Waals surface area (Å²) in [6, 6.07) is 4.39. The summed E-state index contributed by atoms with van der Waals surface area (Å²) in [7, 11) is 2.67. The van der Waals surface area contributed by atoms with Crippen molar-refractivity contribution in [3.8, 4) is 23.1 Å². The van der Waals surface area contributed by atoms with Crippen molar-refractivity contribution in [3.63, 3.8) is 0 Å². The third-order valence-corrected chi connectivity index (χ3v) is 2.25. The summed E-state index contributed by atoms with van der Waals surface area (Å²) in [6.07, 6.45) is 0. The van der Waals surface area contributed by atoms with Crippen LogP contribution in [0.2, 0.25) is 0 Å². The highest BCUT2D eigenvalue weighted by atomic mass is 19.1. The Balaban J connectivity index is 2.61. The van der Waals surface area contributed by atoms with Gasteiger partial charge in [0.1, 0.15) is 5.82 Å². The lowest BCUT2D eigenvalue weighted by Crippen LogP contribution is -2.14. The van der Waals surface area contributed by atoms with Crippen LogP contribution >= 0.6 is 0 Å². The number of nitrogens with one attached hydrogen (secondary N) is 1. The van der Waals surface area contributed by atoms with Gasteiger partial charge < -0.3 is 9.47 Å². The van der Waals surface area contributed by atoms with E-state index in [9.17, 15) is 9.18 Å². The summed E-state index contributed by atoms with van der Waals surface area (Å²) < 4.78 is 23.6. The molecule has 1 N–H and O–H groups in total. The van der Waals surface area contributed by atoms with Crippen LogP contribution in [-0.2, 0) is 0 Å². The number of H-pyrrole nitrogens is 1. The smallest absolute Gasteiger partial charge is 0.351 e. The first kappa shape index (κ1) is 12.0. The van der Waals surface area contributed by atoms with Gasteiger partial charge in [0.25, 0.3) is 0 Å². The van der Waals surface area contributed by atoms with E-state index in [4.69, 9.17) is 9.47 Å². The van der Waals surface area contributed by atoms with Gasteiger partial charge in [-0.25, -0.2) is 9.18 Å². The molecule has 1 heterocycles. The molecule has 2 aromatic rings. The molecule has 0 unspecified atom stereocenters. The van der Waals surface area contributed by atoms with Gasteiger partial charge in [-0.2, -0.15) is 4.98 Å². The predicted molar refractivity (Wildman–Crippen MR) is 61.2 cm³/mol. The van der Waals surface area contributed by atoms with Crippen molar-refractivity contribution in [2.45, 2.75) is 0 Å². The van der Waals surface area contributed by atoms with Gasteiger partial charge in [0, 0.05) is 0 Å². The number of methoxy groups -OCH3 is 2. The van der Waals surface area contributed by atoms with Crippen LogP contribution in [0.25, 0.3) is 11.4 Å². The van der Waals surface area contributed by atoms with Crippen molar-refractivity contribution >= 4 is 0 Å². The van der Waals surface area contributed by atoms with Crippen molar-refractivity contribution in [1.82, 2.24) is 15.0 Å². The molecule has 7 heteroatoms. The van der Waals surface area contributed by atoms with Crippen LogP contribution in [0.1, 0.15) is 0 Å². The Morgan fingerprint density at radius 1 is 1.22 bits per heavy atom. The van der Waals surface area contributed by atoms with Crippen LogP contribution in [0.15, 0.2) is 23.0 Å². The number of aromatic nitrogens is 3. The monoisotopic (exact) mass is 251 g/mol. The molecule has 0 fully saturated rings. The molecule has 0 aliphatic rings. The average Bonchev–Trinajstić information content (AvgIpc) is 2.38. The maximum absolute atomic E-state index is 14.0. The minimum absolute atomic E-state index is 0.0308. The van der Waals surface area contributed by atoms with E-state index in [2.05, 4.69) is 15.0 Å². The van der Waals surface area contributed by atoms with E-state index in [-0.39, 0.29) is 23.1 Å². The SMILES string of the molecule is COc1nc(-c2cccc(OC)c2F)[nH]c(=O)n1. The molecule has 1 aromatic heterocycles. The standard InChI is InChI=1S/C11H10FN3O3/c1-17-7-5-3-4-6(8(7)12)9-13-10(16)15-11(14-9)18-2/h3-5H,1-2H3,(H,13,14,15,16). The number of aromatic amines is 1. The molecule has 0 spiro atoms. The third kappa shape index (κ3) is 2.15. The highest BCUT2D eigenvalue weighted by Crippen LogP contribution is 2.26. The van der Waals surface area contributed by atoms with E-state index in [1.54, 1.807) is 6.07 Å². The van der Waals surface area contributed by atoms with E-state index in [0.29, 0.717) is 0 Å². The Bertz CT molecular complexity index is 627. The van der Waals surface area contributed by atoms with Crippen molar-refractivity contribution < 1.29 is 13.9 Å². The van der Waals surface area contributed by atoms with Gasteiger partial charge in [0.05, 0.1) is 19.8 Å². The molecule has 6 nitrogen and oxygen atoms in total. The third-order valence-electron chi connectivity index (χ3n) is 2.25. The fourth-order valence-electron chi connectivity index (χ4n) is 1.43. The number of hydrogen-bond acceptors (Lipinski definition) is 5. The molecule has 0 bridgehead atoms. The zero-order valence-electron chi connectivity index (χ0n) is 9.73. The van der Waals surface area contributed by atoms with Crippen LogP contribution in [0.4, 0.5) is 4.39 Å². The van der Waals surface area contributed by atoms with Crippen molar-refractivity contribution in [3.05, 3.63) is 34.5 Å². The lowest BCUT2D eigenvalue weighted by atomic mass is 10.2. The zero-order chi connectivity index (χ0) is 13.1. The Hall–Kier alpha value is -2.44. The zero-order valence-corrected chi connectivity index (χ0v) is 9.73. The summed E-state index contributed by atoms with van der Waals surface area (Å²) in [6.45, 7) is 0. The van der Waals surface area contributed by atoms with Gasteiger partial charge in [0.2, 0.25) is 0 Å². The Morgan fingerprint density at radius 3 is 2.67 bits per heavy atom. The molecule has 1 aromatic carbocycles. The fraction of sp³-hybridized carbons (Fsp3) is 0.182. The number of benzene rings is 1.